The number of allylic oxidation sites excluding steroid dienone is 3. The highest BCUT2D eigenvalue weighted by Gasteiger charge is 2.08. The van der Waals surface area contributed by atoms with Gasteiger partial charge in [0.1, 0.15) is 0 Å². The predicted molar refractivity (Wildman–Crippen MR) is 82.5 cm³/mol. The van der Waals surface area contributed by atoms with E-state index >= 15 is 0 Å². The molecule has 0 bridgehead atoms. The van der Waals surface area contributed by atoms with Crippen molar-refractivity contribution in [3.63, 3.8) is 0 Å². The average molecular weight is 260 g/mol. The molecule has 1 aromatic carbocycles. The quantitative estimate of drug-likeness (QED) is 0.587. The van der Waals surface area contributed by atoms with Gasteiger partial charge in [-0.25, -0.2) is 0 Å². The van der Waals surface area contributed by atoms with Crippen LogP contribution in [0.2, 0.25) is 25.7 Å². The van der Waals surface area contributed by atoms with Crippen molar-refractivity contribution in [2.24, 2.45) is 0 Å². The summed E-state index contributed by atoms with van der Waals surface area (Å²) in [6, 6.07) is 11.0. The van der Waals surface area contributed by atoms with Gasteiger partial charge >= 0.3 is 0 Å². The minimum Gasteiger partial charge on any atom is -0.384 e. The smallest absolute Gasteiger partial charge is 0.0971 e. The molecule has 0 fully saturated rings. The van der Waals surface area contributed by atoms with Gasteiger partial charge in [-0.1, -0.05) is 74.3 Å². The lowest BCUT2D eigenvalue weighted by molar-refractivity contribution is 0.228. The molecule has 1 nitrogen and oxygen atoms in total. The molecule has 0 heterocycles. The molecule has 2 heteroatoms. The Morgan fingerprint density at radius 3 is 2.33 bits per heavy atom. The molecule has 0 aromatic heterocycles. The summed E-state index contributed by atoms with van der Waals surface area (Å²) in [7, 11) is -0.952. The zero-order valence-corrected chi connectivity index (χ0v) is 12.6. The van der Waals surface area contributed by atoms with Crippen LogP contribution in [0.4, 0.5) is 0 Å². The number of hydrogen-bond donors (Lipinski definition) is 1. The fourth-order valence-corrected chi connectivity index (χ4v) is 2.45. The molecule has 0 saturated heterocycles. The highest BCUT2D eigenvalue weighted by molar-refractivity contribution is 6.76. The molecule has 0 aliphatic heterocycles. The Bertz CT molecular complexity index is 387. The fourth-order valence-electron chi connectivity index (χ4n) is 1.58. The highest BCUT2D eigenvalue weighted by atomic mass is 28.3. The lowest BCUT2D eigenvalue weighted by Gasteiger charge is -2.11. The summed E-state index contributed by atoms with van der Waals surface area (Å²) in [4.78, 5) is 0. The SMILES string of the molecule is C[Si](C)(C)C/C=C/C/C=C/C(O)c1ccccc1. The van der Waals surface area contributed by atoms with Crippen molar-refractivity contribution >= 4 is 8.07 Å². The molecule has 18 heavy (non-hydrogen) atoms. The van der Waals surface area contributed by atoms with Crippen LogP contribution >= 0.6 is 0 Å². The maximum Gasteiger partial charge on any atom is 0.0971 e. The monoisotopic (exact) mass is 260 g/mol. The van der Waals surface area contributed by atoms with Gasteiger partial charge in [-0.3, -0.25) is 0 Å². The van der Waals surface area contributed by atoms with Crippen LogP contribution in [-0.2, 0) is 0 Å². The first-order valence-electron chi connectivity index (χ1n) is 6.54. The number of benzene rings is 1. The van der Waals surface area contributed by atoms with Crippen LogP contribution in [0.5, 0.6) is 0 Å². The van der Waals surface area contributed by atoms with E-state index in [1.807, 2.05) is 42.5 Å². The van der Waals surface area contributed by atoms with Crippen LogP contribution in [0.15, 0.2) is 54.6 Å². The second-order valence-corrected chi connectivity index (χ2v) is 11.3. The minimum atomic E-state index is -0.952. The van der Waals surface area contributed by atoms with Crippen LogP contribution in [0.25, 0.3) is 0 Å². The molecule has 0 saturated carbocycles. The topological polar surface area (TPSA) is 20.2 Å². The molecule has 98 valence electrons. The summed E-state index contributed by atoms with van der Waals surface area (Å²) in [5.74, 6) is 0. The van der Waals surface area contributed by atoms with Gasteiger partial charge in [-0.05, 0) is 18.0 Å². The lowest BCUT2D eigenvalue weighted by Crippen LogP contribution is -2.17. The van der Waals surface area contributed by atoms with E-state index < -0.39 is 14.2 Å². The van der Waals surface area contributed by atoms with Gasteiger partial charge in [0.25, 0.3) is 0 Å². The molecule has 0 amide bonds. The van der Waals surface area contributed by atoms with Gasteiger partial charge in [-0.15, -0.1) is 0 Å². The molecule has 0 aliphatic rings. The normalized spacial score (nSPS) is 14.4. The third-order valence-electron chi connectivity index (χ3n) is 2.63. The van der Waals surface area contributed by atoms with Gasteiger partial charge < -0.3 is 5.11 Å². The third kappa shape index (κ3) is 6.57. The maximum absolute atomic E-state index is 9.90. The molecule has 1 atom stereocenters. The third-order valence-corrected chi connectivity index (χ3v) is 4.09. The summed E-state index contributed by atoms with van der Waals surface area (Å²) in [6.45, 7) is 7.10. The van der Waals surface area contributed by atoms with Crippen LogP contribution in [-0.4, -0.2) is 13.2 Å². The second kappa shape index (κ2) is 7.34. The minimum absolute atomic E-state index is 0.489. The van der Waals surface area contributed by atoms with E-state index in [-0.39, 0.29) is 0 Å². The van der Waals surface area contributed by atoms with E-state index in [9.17, 15) is 5.11 Å². The van der Waals surface area contributed by atoms with Gasteiger partial charge in [-0.2, -0.15) is 0 Å². The van der Waals surface area contributed by atoms with Crippen molar-refractivity contribution in [3.05, 3.63) is 60.2 Å². The summed E-state index contributed by atoms with van der Waals surface area (Å²) in [5, 5.41) is 9.90. The summed E-state index contributed by atoms with van der Waals surface area (Å²) in [5.41, 5.74) is 0.944. The van der Waals surface area contributed by atoms with Crippen molar-refractivity contribution in [1.82, 2.24) is 0 Å². The molecular weight excluding hydrogens is 236 g/mol. The van der Waals surface area contributed by atoms with E-state index in [4.69, 9.17) is 0 Å². The van der Waals surface area contributed by atoms with Crippen LogP contribution in [0.3, 0.4) is 0 Å². The van der Waals surface area contributed by atoms with Crippen LogP contribution in [0, 0.1) is 0 Å². The average Bonchev–Trinajstić information content (AvgIpc) is 2.33. The summed E-state index contributed by atoms with van der Waals surface area (Å²) in [6.07, 6.45) is 8.75. The Hall–Kier alpha value is -1.12. The Labute approximate surface area is 112 Å². The van der Waals surface area contributed by atoms with Gasteiger partial charge in [0, 0.05) is 8.07 Å². The molecule has 1 rings (SSSR count). The standard InChI is InChI=1S/C16H24OSi/c1-18(2,3)14-10-5-4-9-13-16(17)15-11-7-6-8-12-15/h5-13,16-17H,4,14H2,1-3H3/b10-5+,13-9+. The van der Waals surface area contributed by atoms with E-state index in [2.05, 4.69) is 31.8 Å². The van der Waals surface area contributed by atoms with E-state index in [0.717, 1.165) is 12.0 Å². The second-order valence-electron chi connectivity index (χ2n) is 5.76. The van der Waals surface area contributed by atoms with Crippen LogP contribution in [0.1, 0.15) is 18.1 Å². The zero-order chi connectivity index (χ0) is 13.4. The van der Waals surface area contributed by atoms with E-state index in [0.29, 0.717) is 0 Å². The van der Waals surface area contributed by atoms with Crippen molar-refractivity contribution in [3.8, 4) is 0 Å². The summed E-state index contributed by atoms with van der Waals surface area (Å²) < 4.78 is 0. The largest absolute Gasteiger partial charge is 0.384 e. The first kappa shape index (κ1) is 14.9. The zero-order valence-electron chi connectivity index (χ0n) is 11.6. The van der Waals surface area contributed by atoms with Crippen molar-refractivity contribution in [2.75, 3.05) is 0 Å². The summed E-state index contributed by atoms with van der Waals surface area (Å²) >= 11 is 0. The number of aliphatic hydroxyl groups is 1. The van der Waals surface area contributed by atoms with Gasteiger partial charge in [0.15, 0.2) is 0 Å². The molecule has 0 radical (unpaired) electrons. The molecule has 0 spiro atoms. The van der Waals surface area contributed by atoms with Crippen LogP contribution < -0.4 is 0 Å². The molecule has 1 aromatic rings. The Kier molecular flexibility index (Phi) is 6.09. The maximum atomic E-state index is 9.90. The highest BCUT2D eigenvalue weighted by Crippen LogP contribution is 2.13. The van der Waals surface area contributed by atoms with Crippen molar-refractivity contribution in [2.45, 2.75) is 38.2 Å². The predicted octanol–water partition coefficient (Wildman–Crippen LogP) is 4.56. The van der Waals surface area contributed by atoms with Crippen molar-refractivity contribution < 1.29 is 5.11 Å². The first-order valence-corrected chi connectivity index (χ1v) is 10.2. The van der Waals surface area contributed by atoms with E-state index in [1.165, 1.54) is 6.04 Å². The van der Waals surface area contributed by atoms with Gasteiger partial charge in [0.2, 0.25) is 0 Å². The molecule has 1 unspecified atom stereocenters. The molecule has 1 N–H and O–H groups in total. The number of rotatable bonds is 6. The Morgan fingerprint density at radius 2 is 1.72 bits per heavy atom. The molecule has 0 aliphatic carbocycles. The Balaban J connectivity index is 2.33. The first-order chi connectivity index (χ1) is 8.49. The lowest BCUT2D eigenvalue weighted by atomic mass is 10.1. The van der Waals surface area contributed by atoms with Gasteiger partial charge in [0.05, 0.1) is 6.10 Å². The molecular formula is C16H24OSi. The van der Waals surface area contributed by atoms with E-state index in [1.54, 1.807) is 0 Å². The van der Waals surface area contributed by atoms with Crippen molar-refractivity contribution in [1.29, 1.82) is 0 Å². The Morgan fingerprint density at radius 1 is 1.06 bits per heavy atom. The fraction of sp³-hybridized carbons (Fsp3) is 0.375. The number of aliphatic hydroxyl groups excluding tert-OH is 1. The number of hydrogen-bond acceptors (Lipinski definition) is 1.